The summed E-state index contributed by atoms with van der Waals surface area (Å²) in [5.41, 5.74) is 1.18. The highest BCUT2D eigenvalue weighted by molar-refractivity contribution is 5.83. The van der Waals surface area contributed by atoms with Crippen molar-refractivity contribution >= 4 is 16.7 Å². The number of fused-ring (bicyclic) bond motifs is 1. The molecule has 2 N–H and O–H groups in total. The van der Waals surface area contributed by atoms with Crippen molar-refractivity contribution in [3.8, 4) is 0 Å². The fraction of sp³-hybridized carbons (Fsp3) is 0.385. The third-order valence-electron chi connectivity index (χ3n) is 2.62. The molecular weight excluding hydrogens is 200 g/mol. The molecule has 0 fully saturated rings. The Kier molecular flexibility index (Phi) is 3.83. The van der Waals surface area contributed by atoms with Crippen molar-refractivity contribution in [1.29, 1.82) is 0 Å². The molecule has 3 nitrogen and oxygen atoms in total. The van der Waals surface area contributed by atoms with E-state index >= 15 is 0 Å². The van der Waals surface area contributed by atoms with E-state index < -0.39 is 0 Å². The third kappa shape index (κ3) is 2.76. The molecule has 0 radical (unpaired) electrons. The van der Waals surface area contributed by atoms with Crippen molar-refractivity contribution in [1.82, 2.24) is 4.98 Å². The zero-order chi connectivity index (χ0) is 11.2. The van der Waals surface area contributed by atoms with Gasteiger partial charge in [0, 0.05) is 31.2 Å². The number of methoxy groups -OCH3 is 1. The summed E-state index contributed by atoms with van der Waals surface area (Å²) in [4.78, 5) is 3.34. The Morgan fingerprint density at radius 3 is 2.94 bits per heavy atom. The molecule has 1 aromatic carbocycles. The Balaban J connectivity index is 1.85. The number of aromatic amines is 1. The molecule has 0 aliphatic rings. The van der Waals surface area contributed by atoms with Gasteiger partial charge in [0.15, 0.2) is 0 Å². The van der Waals surface area contributed by atoms with Crippen molar-refractivity contribution in [3.63, 3.8) is 0 Å². The molecule has 86 valence electrons. The highest BCUT2D eigenvalue weighted by atomic mass is 16.5. The van der Waals surface area contributed by atoms with Gasteiger partial charge < -0.3 is 15.0 Å². The summed E-state index contributed by atoms with van der Waals surface area (Å²) in [6.45, 7) is 1.82. The first-order valence-electron chi connectivity index (χ1n) is 5.71. The quantitative estimate of drug-likeness (QED) is 0.731. The average Bonchev–Trinajstić information content (AvgIpc) is 2.71. The van der Waals surface area contributed by atoms with Gasteiger partial charge in [0.05, 0.1) is 0 Å². The molecule has 1 aromatic heterocycles. The molecule has 3 heteroatoms. The van der Waals surface area contributed by atoms with Gasteiger partial charge in [0.25, 0.3) is 0 Å². The van der Waals surface area contributed by atoms with Crippen LogP contribution in [-0.4, -0.2) is 25.2 Å². The van der Waals surface area contributed by atoms with Crippen LogP contribution in [0.1, 0.15) is 12.8 Å². The van der Waals surface area contributed by atoms with Crippen molar-refractivity contribution in [2.45, 2.75) is 12.8 Å². The number of para-hydroxylation sites is 1. The number of hydrogen-bond donors (Lipinski definition) is 2. The number of anilines is 1. The number of unbranched alkanes of at least 4 members (excludes halogenated alkanes) is 1. The van der Waals surface area contributed by atoms with E-state index in [-0.39, 0.29) is 0 Å². The molecule has 0 amide bonds. The van der Waals surface area contributed by atoms with Gasteiger partial charge in [-0.1, -0.05) is 18.2 Å². The van der Waals surface area contributed by atoms with E-state index in [1.54, 1.807) is 7.11 Å². The SMILES string of the molecule is COCCCCNc1cc2ccccc2[nH]1. The van der Waals surface area contributed by atoms with E-state index in [0.29, 0.717) is 0 Å². The topological polar surface area (TPSA) is 37.0 Å². The minimum absolute atomic E-state index is 0.842. The number of ether oxygens (including phenoxy) is 1. The van der Waals surface area contributed by atoms with Crippen LogP contribution in [0.15, 0.2) is 30.3 Å². The van der Waals surface area contributed by atoms with E-state index in [2.05, 4.69) is 34.6 Å². The van der Waals surface area contributed by atoms with E-state index in [0.717, 1.165) is 31.8 Å². The lowest BCUT2D eigenvalue weighted by molar-refractivity contribution is 0.194. The highest BCUT2D eigenvalue weighted by Gasteiger charge is 1.98. The molecule has 0 aliphatic carbocycles. The highest BCUT2D eigenvalue weighted by Crippen LogP contribution is 2.17. The standard InChI is InChI=1S/C13H18N2O/c1-16-9-5-4-8-14-13-10-11-6-2-3-7-12(11)15-13/h2-3,6-7,10,14-15H,4-5,8-9H2,1H3. The predicted molar refractivity (Wildman–Crippen MR) is 67.9 cm³/mol. The summed E-state index contributed by atoms with van der Waals surface area (Å²) < 4.78 is 5.01. The molecule has 0 spiro atoms. The maximum Gasteiger partial charge on any atom is 0.104 e. The zero-order valence-electron chi connectivity index (χ0n) is 9.62. The van der Waals surface area contributed by atoms with Crippen LogP contribution in [0.5, 0.6) is 0 Å². The van der Waals surface area contributed by atoms with Crippen LogP contribution in [-0.2, 0) is 4.74 Å². The van der Waals surface area contributed by atoms with Gasteiger partial charge in [-0.2, -0.15) is 0 Å². The van der Waals surface area contributed by atoms with Gasteiger partial charge in [-0.3, -0.25) is 0 Å². The van der Waals surface area contributed by atoms with Crippen molar-refractivity contribution in [3.05, 3.63) is 30.3 Å². The van der Waals surface area contributed by atoms with Gasteiger partial charge in [-0.25, -0.2) is 0 Å². The zero-order valence-corrected chi connectivity index (χ0v) is 9.62. The van der Waals surface area contributed by atoms with Crippen LogP contribution >= 0.6 is 0 Å². The van der Waals surface area contributed by atoms with E-state index in [1.807, 2.05) is 6.07 Å². The van der Waals surface area contributed by atoms with Gasteiger partial charge in [-0.05, 0) is 25.0 Å². The fourth-order valence-electron chi connectivity index (χ4n) is 1.76. The summed E-state index contributed by atoms with van der Waals surface area (Å²) in [6, 6.07) is 10.4. The van der Waals surface area contributed by atoms with Gasteiger partial charge in [0.2, 0.25) is 0 Å². The Morgan fingerprint density at radius 1 is 1.25 bits per heavy atom. The van der Waals surface area contributed by atoms with Crippen LogP contribution in [0.3, 0.4) is 0 Å². The van der Waals surface area contributed by atoms with E-state index in [4.69, 9.17) is 4.74 Å². The molecule has 0 unspecified atom stereocenters. The predicted octanol–water partition coefficient (Wildman–Crippen LogP) is 3.01. The molecule has 2 rings (SSSR count). The lowest BCUT2D eigenvalue weighted by Crippen LogP contribution is -2.02. The number of H-pyrrole nitrogens is 1. The minimum Gasteiger partial charge on any atom is -0.385 e. The number of nitrogens with one attached hydrogen (secondary N) is 2. The van der Waals surface area contributed by atoms with Gasteiger partial charge >= 0.3 is 0 Å². The lowest BCUT2D eigenvalue weighted by atomic mass is 10.2. The summed E-state index contributed by atoms with van der Waals surface area (Å²) in [5.74, 6) is 1.10. The normalized spacial score (nSPS) is 10.8. The molecule has 1 heterocycles. The Morgan fingerprint density at radius 2 is 2.12 bits per heavy atom. The summed E-state index contributed by atoms with van der Waals surface area (Å²) in [5, 5.41) is 4.63. The minimum atomic E-state index is 0.842. The number of benzene rings is 1. The summed E-state index contributed by atoms with van der Waals surface area (Å²) in [7, 11) is 1.74. The maximum absolute atomic E-state index is 5.01. The first-order chi connectivity index (χ1) is 7.90. The first-order valence-corrected chi connectivity index (χ1v) is 5.71. The molecule has 0 bridgehead atoms. The van der Waals surface area contributed by atoms with Crippen LogP contribution in [0, 0.1) is 0 Å². The van der Waals surface area contributed by atoms with Crippen LogP contribution in [0.4, 0.5) is 5.82 Å². The lowest BCUT2D eigenvalue weighted by Gasteiger charge is -2.02. The summed E-state index contributed by atoms with van der Waals surface area (Å²) in [6.07, 6.45) is 2.23. The van der Waals surface area contributed by atoms with E-state index in [9.17, 15) is 0 Å². The van der Waals surface area contributed by atoms with Gasteiger partial charge in [0.1, 0.15) is 5.82 Å². The van der Waals surface area contributed by atoms with E-state index in [1.165, 1.54) is 10.9 Å². The molecule has 0 saturated carbocycles. The van der Waals surface area contributed by atoms with Crippen LogP contribution in [0.2, 0.25) is 0 Å². The molecule has 16 heavy (non-hydrogen) atoms. The number of aromatic nitrogens is 1. The molecule has 0 atom stereocenters. The summed E-state index contributed by atoms with van der Waals surface area (Å²) >= 11 is 0. The molecular formula is C13H18N2O. The smallest absolute Gasteiger partial charge is 0.104 e. The Labute approximate surface area is 95.8 Å². The molecule has 0 saturated heterocycles. The third-order valence-corrected chi connectivity index (χ3v) is 2.62. The van der Waals surface area contributed by atoms with Crippen molar-refractivity contribution in [2.75, 3.05) is 25.6 Å². The first kappa shape index (κ1) is 11.0. The molecule has 2 aromatic rings. The van der Waals surface area contributed by atoms with Crippen LogP contribution in [0.25, 0.3) is 10.9 Å². The fourth-order valence-corrected chi connectivity index (χ4v) is 1.76. The largest absolute Gasteiger partial charge is 0.385 e. The maximum atomic E-state index is 5.01. The number of hydrogen-bond acceptors (Lipinski definition) is 2. The van der Waals surface area contributed by atoms with Crippen molar-refractivity contribution in [2.24, 2.45) is 0 Å². The Hall–Kier alpha value is -1.48. The van der Waals surface area contributed by atoms with Gasteiger partial charge in [-0.15, -0.1) is 0 Å². The van der Waals surface area contributed by atoms with Crippen molar-refractivity contribution < 1.29 is 4.74 Å². The second-order valence-electron chi connectivity index (χ2n) is 3.90. The number of rotatable bonds is 6. The van der Waals surface area contributed by atoms with Crippen LogP contribution < -0.4 is 5.32 Å². The monoisotopic (exact) mass is 218 g/mol. The average molecular weight is 218 g/mol. The molecule has 0 aliphatic heterocycles. The Bertz CT molecular complexity index is 403. The second kappa shape index (κ2) is 5.56. The second-order valence-corrected chi connectivity index (χ2v) is 3.90.